The smallest absolute Gasteiger partial charge is 0.261 e. The summed E-state index contributed by atoms with van der Waals surface area (Å²) in [7, 11) is 1.54. The molecule has 1 saturated carbocycles. The molecule has 0 saturated heterocycles. The van der Waals surface area contributed by atoms with Gasteiger partial charge in [-0.2, -0.15) is 0 Å². The van der Waals surface area contributed by atoms with E-state index in [0.717, 1.165) is 16.8 Å². The zero-order valence-corrected chi connectivity index (χ0v) is 16.0. The van der Waals surface area contributed by atoms with Crippen molar-refractivity contribution in [3.05, 3.63) is 56.6 Å². The Labute approximate surface area is 157 Å². The summed E-state index contributed by atoms with van der Waals surface area (Å²) >= 11 is 0. The number of pyridine rings is 2. The highest BCUT2D eigenvalue weighted by atomic mass is 16.5. The average Bonchev–Trinajstić information content (AvgIpc) is 2.62. The molecule has 1 amide bonds. The number of H-pyrrole nitrogens is 1. The van der Waals surface area contributed by atoms with Crippen LogP contribution in [0.3, 0.4) is 0 Å². The maximum Gasteiger partial charge on any atom is 0.261 e. The lowest BCUT2D eigenvalue weighted by atomic mass is 9.75. The average molecular weight is 371 g/mol. The summed E-state index contributed by atoms with van der Waals surface area (Å²) in [5, 5.41) is 12.7. The molecule has 0 unspecified atom stereocenters. The molecule has 3 N–H and O–H groups in total. The second kappa shape index (κ2) is 7.52. The summed E-state index contributed by atoms with van der Waals surface area (Å²) in [6.45, 7) is 5.47. The topological polar surface area (TPSA) is 104 Å². The van der Waals surface area contributed by atoms with Crippen molar-refractivity contribution in [3.63, 3.8) is 0 Å². The highest BCUT2D eigenvalue weighted by Crippen LogP contribution is 2.38. The lowest BCUT2D eigenvalue weighted by molar-refractivity contribution is 0.0234. The van der Waals surface area contributed by atoms with Crippen molar-refractivity contribution in [1.29, 1.82) is 0 Å². The maximum absolute atomic E-state index is 12.9. The molecule has 2 aromatic heterocycles. The largest absolute Gasteiger partial charge is 0.481 e. The molecule has 0 bridgehead atoms. The zero-order chi connectivity index (χ0) is 19.7. The molecule has 144 valence electrons. The molecule has 0 aromatic carbocycles. The third kappa shape index (κ3) is 3.73. The number of aliphatic hydroxyl groups excluding tert-OH is 1. The van der Waals surface area contributed by atoms with Gasteiger partial charge >= 0.3 is 0 Å². The van der Waals surface area contributed by atoms with Gasteiger partial charge in [0, 0.05) is 18.0 Å². The summed E-state index contributed by atoms with van der Waals surface area (Å²) in [6.07, 6.45) is 2.50. The number of ether oxygens (including phenoxy) is 1. The Balaban J connectivity index is 1.91. The minimum absolute atomic E-state index is 0.0880. The number of carbonyl (C=O) groups is 1. The number of aliphatic hydroxyl groups is 1. The van der Waals surface area contributed by atoms with Crippen LogP contribution in [0.1, 0.15) is 51.6 Å². The molecular formula is C20H25N3O4. The van der Waals surface area contributed by atoms with Crippen LogP contribution in [0.5, 0.6) is 5.88 Å². The van der Waals surface area contributed by atoms with Gasteiger partial charge in [0.15, 0.2) is 0 Å². The first-order valence-corrected chi connectivity index (χ1v) is 9.00. The van der Waals surface area contributed by atoms with Crippen LogP contribution in [-0.4, -0.2) is 34.2 Å². The van der Waals surface area contributed by atoms with Crippen molar-refractivity contribution in [2.75, 3.05) is 7.11 Å². The lowest BCUT2D eigenvalue weighted by Gasteiger charge is -2.38. The van der Waals surface area contributed by atoms with Gasteiger partial charge in [0.05, 0.1) is 19.3 Å². The Bertz CT molecular complexity index is 899. The first-order chi connectivity index (χ1) is 12.8. The fraction of sp³-hybridized carbons (Fsp3) is 0.450. The molecule has 0 radical (unpaired) electrons. The Morgan fingerprint density at radius 2 is 2.00 bits per heavy atom. The summed E-state index contributed by atoms with van der Waals surface area (Å²) in [5.74, 6) is 0.156. The summed E-state index contributed by atoms with van der Waals surface area (Å²) < 4.78 is 5.09. The van der Waals surface area contributed by atoms with E-state index in [1.165, 1.54) is 0 Å². The number of hydrogen-bond donors (Lipinski definition) is 3. The van der Waals surface area contributed by atoms with Gasteiger partial charge < -0.3 is 20.1 Å². The molecule has 2 aromatic rings. The van der Waals surface area contributed by atoms with Crippen molar-refractivity contribution in [1.82, 2.24) is 15.3 Å². The molecule has 0 spiro atoms. The first kappa shape index (κ1) is 19.1. The standard InChI is InChI=1S/C20H25N3O4/c1-10-11(2)17(19(25)22-12(10)3)20(26)23-18(14-7-15(24)8-14)13-5-6-16(27-4)21-9-13/h5-6,9,14-15,18,24H,7-8H2,1-4H3,(H,22,25)(H,23,26)/t14?,15?,18-/m0/s1. The number of rotatable bonds is 5. The SMILES string of the molecule is COc1ccc([C@H](NC(=O)c2c(C)c(C)c(C)[nH]c2=O)C2CC(O)C2)cn1. The van der Waals surface area contributed by atoms with E-state index in [1.807, 2.05) is 19.9 Å². The van der Waals surface area contributed by atoms with Crippen molar-refractivity contribution >= 4 is 5.91 Å². The first-order valence-electron chi connectivity index (χ1n) is 9.00. The highest BCUT2D eigenvalue weighted by Gasteiger charge is 2.36. The number of aromatic amines is 1. The Morgan fingerprint density at radius 3 is 2.56 bits per heavy atom. The van der Waals surface area contributed by atoms with E-state index < -0.39 is 11.5 Å². The van der Waals surface area contributed by atoms with Gasteiger partial charge in [-0.1, -0.05) is 6.07 Å². The molecule has 27 heavy (non-hydrogen) atoms. The third-order valence-electron chi connectivity index (χ3n) is 5.49. The van der Waals surface area contributed by atoms with Crippen LogP contribution < -0.4 is 15.6 Å². The minimum atomic E-state index is -0.418. The van der Waals surface area contributed by atoms with Crippen molar-refractivity contribution in [2.45, 2.75) is 45.8 Å². The third-order valence-corrected chi connectivity index (χ3v) is 5.49. The number of carbonyl (C=O) groups excluding carboxylic acids is 1. The molecular weight excluding hydrogens is 346 g/mol. The van der Waals surface area contributed by atoms with Crippen LogP contribution in [0, 0.1) is 26.7 Å². The summed E-state index contributed by atoms with van der Waals surface area (Å²) in [4.78, 5) is 32.3. The van der Waals surface area contributed by atoms with Crippen molar-refractivity contribution in [3.8, 4) is 5.88 Å². The molecule has 7 heteroatoms. The molecule has 0 aliphatic heterocycles. The number of nitrogens with zero attached hydrogens (tertiary/aromatic N) is 1. The van der Waals surface area contributed by atoms with E-state index in [4.69, 9.17) is 4.74 Å². The fourth-order valence-corrected chi connectivity index (χ4v) is 3.52. The number of hydrogen-bond acceptors (Lipinski definition) is 5. The van der Waals surface area contributed by atoms with Gasteiger partial charge in [-0.15, -0.1) is 0 Å². The van der Waals surface area contributed by atoms with Crippen LogP contribution in [0.4, 0.5) is 0 Å². The Hall–Kier alpha value is -2.67. The van der Waals surface area contributed by atoms with E-state index in [9.17, 15) is 14.7 Å². The second-order valence-corrected chi connectivity index (χ2v) is 7.17. The fourth-order valence-electron chi connectivity index (χ4n) is 3.52. The minimum Gasteiger partial charge on any atom is -0.481 e. The molecule has 1 aliphatic carbocycles. The zero-order valence-electron chi connectivity index (χ0n) is 16.0. The van der Waals surface area contributed by atoms with E-state index in [1.54, 1.807) is 26.3 Å². The highest BCUT2D eigenvalue weighted by molar-refractivity contribution is 5.95. The van der Waals surface area contributed by atoms with Crippen LogP contribution in [-0.2, 0) is 0 Å². The normalized spacial score (nSPS) is 19.9. The van der Waals surface area contributed by atoms with Gasteiger partial charge in [-0.05, 0) is 56.2 Å². The number of aryl methyl sites for hydroxylation is 1. The molecule has 1 atom stereocenters. The maximum atomic E-state index is 12.9. The Morgan fingerprint density at radius 1 is 1.30 bits per heavy atom. The molecule has 1 aliphatic rings. The van der Waals surface area contributed by atoms with Crippen molar-refractivity contribution < 1.29 is 14.6 Å². The van der Waals surface area contributed by atoms with Gasteiger partial charge in [-0.25, -0.2) is 4.98 Å². The number of amides is 1. The van der Waals surface area contributed by atoms with Crippen LogP contribution in [0.25, 0.3) is 0 Å². The summed E-state index contributed by atoms with van der Waals surface area (Å²) in [6, 6.07) is 3.25. The Kier molecular flexibility index (Phi) is 5.32. The van der Waals surface area contributed by atoms with E-state index in [0.29, 0.717) is 24.3 Å². The number of nitrogens with one attached hydrogen (secondary N) is 2. The molecule has 2 heterocycles. The van der Waals surface area contributed by atoms with E-state index in [-0.39, 0.29) is 23.6 Å². The lowest BCUT2D eigenvalue weighted by Crippen LogP contribution is -2.43. The van der Waals surface area contributed by atoms with Gasteiger partial charge in [0.25, 0.3) is 11.5 Å². The van der Waals surface area contributed by atoms with Gasteiger partial charge in [0.1, 0.15) is 5.56 Å². The van der Waals surface area contributed by atoms with E-state index >= 15 is 0 Å². The predicted octanol–water partition coefficient (Wildman–Crippen LogP) is 1.95. The quantitative estimate of drug-likeness (QED) is 0.745. The van der Waals surface area contributed by atoms with E-state index in [2.05, 4.69) is 15.3 Å². The molecule has 1 fully saturated rings. The van der Waals surface area contributed by atoms with Gasteiger partial charge in [0.2, 0.25) is 5.88 Å². The second-order valence-electron chi connectivity index (χ2n) is 7.17. The molecule has 7 nitrogen and oxygen atoms in total. The van der Waals surface area contributed by atoms with Crippen LogP contribution >= 0.6 is 0 Å². The monoisotopic (exact) mass is 371 g/mol. The van der Waals surface area contributed by atoms with Crippen molar-refractivity contribution in [2.24, 2.45) is 5.92 Å². The van der Waals surface area contributed by atoms with Crippen LogP contribution in [0.2, 0.25) is 0 Å². The predicted molar refractivity (Wildman–Crippen MR) is 101 cm³/mol. The molecule has 3 rings (SSSR count). The summed E-state index contributed by atoms with van der Waals surface area (Å²) in [5.41, 5.74) is 2.87. The number of aromatic nitrogens is 2. The van der Waals surface area contributed by atoms with Gasteiger partial charge in [-0.3, -0.25) is 9.59 Å². The number of methoxy groups -OCH3 is 1. The van der Waals surface area contributed by atoms with Crippen LogP contribution in [0.15, 0.2) is 23.1 Å².